The third kappa shape index (κ3) is 4.06. The number of hydrogen-bond donors (Lipinski definition) is 1. The number of nitrogens with zero attached hydrogens (tertiary/aromatic N) is 3. The molecule has 1 atom stereocenters. The monoisotopic (exact) mass is 430 g/mol. The van der Waals surface area contributed by atoms with Crippen LogP contribution in [0.3, 0.4) is 0 Å². The molecule has 0 unspecified atom stereocenters. The lowest BCUT2D eigenvalue weighted by molar-refractivity contribution is -0.150. The number of fused-ring (bicyclic) bond motifs is 1. The van der Waals surface area contributed by atoms with Gasteiger partial charge in [-0.2, -0.15) is 4.98 Å². The van der Waals surface area contributed by atoms with Gasteiger partial charge in [0.2, 0.25) is 11.6 Å². The molecule has 31 heavy (non-hydrogen) atoms. The van der Waals surface area contributed by atoms with E-state index in [-0.39, 0.29) is 59.9 Å². The lowest BCUT2D eigenvalue weighted by Crippen LogP contribution is -2.35. The van der Waals surface area contributed by atoms with Gasteiger partial charge in [-0.25, -0.2) is 9.78 Å². The van der Waals surface area contributed by atoms with Crippen LogP contribution in [0.5, 0.6) is 0 Å². The number of carbonyl (C=O) groups is 3. The summed E-state index contributed by atoms with van der Waals surface area (Å²) in [4.78, 5) is 47.2. The van der Waals surface area contributed by atoms with Crippen LogP contribution in [-0.4, -0.2) is 51.9 Å². The summed E-state index contributed by atoms with van der Waals surface area (Å²) < 4.78 is 16.0. The minimum atomic E-state index is -0.564. The largest absolute Gasteiger partial charge is 0.462 e. The van der Waals surface area contributed by atoms with Gasteiger partial charge in [-0.3, -0.25) is 9.59 Å². The molecular weight excluding hydrogens is 404 g/mol. The van der Waals surface area contributed by atoms with Crippen molar-refractivity contribution in [3.05, 3.63) is 17.1 Å². The Morgan fingerprint density at radius 3 is 2.68 bits per heavy atom. The molecule has 2 N–H and O–H groups in total. The lowest BCUT2D eigenvalue weighted by atomic mass is 10.1. The highest BCUT2D eigenvalue weighted by atomic mass is 16.5. The number of carbonyl (C=O) groups excluding carboxylic acids is 3. The number of aromatic nitrogens is 2. The maximum Gasteiger partial charge on any atom is 0.342 e. The van der Waals surface area contributed by atoms with E-state index in [0.29, 0.717) is 12.3 Å². The van der Waals surface area contributed by atoms with E-state index >= 15 is 0 Å². The summed E-state index contributed by atoms with van der Waals surface area (Å²) in [6, 6.07) is 0.242. The molecule has 0 bridgehead atoms. The number of likely N-dealkylation sites (tertiary alicyclic amines) is 1. The van der Waals surface area contributed by atoms with Crippen LogP contribution in [0.2, 0.25) is 0 Å². The number of furan rings is 1. The molecule has 2 aliphatic rings. The maximum absolute atomic E-state index is 12.5. The fourth-order valence-electron chi connectivity index (χ4n) is 4.41. The summed E-state index contributed by atoms with van der Waals surface area (Å²) in [5.74, 6) is -0.993. The Hall–Kier alpha value is -3.17. The molecular formula is C21H26N4O6. The number of nitrogen functional groups attached to an aromatic ring is 1. The SMILES string of the molecule is CCOC(=O)c1c(C)oc2nc(COC(=O)[C@H]3CC(=O)N(C4CCCC4)C3)nc(N)c12. The molecule has 0 spiro atoms. The molecule has 1 aliphatic heterocycles. The average molecular weight is 430 g/mol. The number of anilines is 1. The van der Waals surface area contributed by atoms with Crippen molar-refractivity contribution in [1.29, 1.82) is 0 Å². The van der Waals surface area contributed by atoms with Crippen molar-refractivity contribution in [1.82, 2.24) is 14.9 Å². The number of rotatable bonds is 6. The van der Waals surface area contributed by atoms with E-state index < -0.39 is 17.9 Å². The van der Waals surface area contributed by atoms with E-state index in [1.807, 2.05) is 4.90 Å². The smallest absolute Gasteiger partial charge is 0.342 e. The molecule has 4 rings (SSSR count). The Morgan fingerprint density at radius 2 is 1.97 bits per heavy atom. The standard InChI is InChI=1S/C21H26N4O6/c1-3-29-21(28)16-11(2)31-19-17(16)18(22)23-14(24-19)10-30-20(27)12-8-15(26)25(9-12)13-6-4-5-7-13/h12-13H,3-10H2,1-2H3,(H2,22,23,24)/t12-/m0/s1. The van der Waals surface area contributed by atoms with Crippen molar-refractivity contribution < 1.29 is 28.3 Å². The van der Waals surface area contributed by atoms with E-state index in [9.17, 15) is 14.4 Å². The van der Waals surface area contributed by atoms with Gasteiger partial charge in [0.15, 0.2) is 12.4 Å². The van der Waals surface area contributed by atoms with Crippen molar-refractivity contribution in [2.45, 2.75) is 58.6 Å². The first-order valence-corrected chi connectivity index (χ1v) is 10.6. The zero-order valence-electron chi connectivity index (χ0n) is 17.7. The minimum Gasteiger partial charge on any atom is -0.462 e. The third-order valence-electron chi connectivity index (χ3n) is 5.88. The van der Waals surface area contributed by atoms with Crippen LogP contribution < -0.4 is 5.73 Å². The van der Waals surface area contributed by atoms with E-state index in [1.165, 1.54) is 0 Å². The second-order valence-corrected chi connectivity index (χ2v) is 7.95. The molecule has 0 radical (unpaired) electrons. The highest BCUT2D eigenvalue weighted by molar-refractivity contribution is 6.07. The Kier molecular flexibility index (Phi) is 5.79. The Labute approximate surface area is 179 Å². The summed E-state index contributed by atoms with van der Waals surface area (Å²) in [7, 11) is 0. The number of nitrogens with two attached hydrogens (primary N) is 1. The van der Waals surface area contributed by atoms with Gasteiger partial charge < -0.3 is 24.5 Å². The summed E-state index contributed by atoms with van der Waals surface area (Å²) in [6.45, 7) is 3.71. The van der Waals surface area contributed by atoms with Crippen molar-refractivity contribution in [2.24, 2.45) is 5.92 Å². The molecule has 0 aromatic carbocycles. The third-order valence-corrected chi connectivity index (χ3v) is 5.88. The summed E-state index contributed by atoms with van der Waals surface area (Å²) in [5.41, 5.74) is 6.35. The van der Waals surface area contributed by atoms with Crippen LogP contribution in [0.4, 0.5) is 5.82 Å². The molecule has 2 aromatic rings. The summed E-state index contributed by atoms with van der Waals surface area (Å²) >= 11 is 0. The molecule has 1 saturated carbocycles. The first-order valence-electron chi connectivity index (χ1n) is 10.6. The number of amides is 1. The van der Waals surface area contributed by atoms with Gasteiger partial charge in [0, 0.05) is 19.0 Å². The van der Waals surface area contributed by atoms with Gasteiger partial charge in [0.05, 0.1) is 17.9 Å². The van der Waals surface area contributed by atoms with Crippen LogP contribution in [-0.2, 0) is 25.7 Å². The fraction of sp³-hybridized carbons (Fsp3) is 0.571. The van der Waals surface area contributed by atoms with Crippen LogP contribution in [0.15, 0.2) is 4.42 Å². The first-order chi connectivity index (χ1) is 14.9. The fourth-order valence-corrected chi connectivity index (χ4v) is 4.41. The molecule has 10 nitrogen and oxygen atoms in total. The van der Waals surface area contributed by atoms with Gasteiger partial charge >= 0.3 is 11.9 Å². The number of ether oxygens (including phenoxy) is 2. The normalized spacial score (nSPS) is 19.4. The average Bonchev–Trinajstić information content (AvgIpc) is 3.44. The topological polar surface area (TPSA) is 138 Å². The molecule has 2 fully saturated rings. The highest BCUT2D eigenvalue weighted by Gasteiger charge is 2.39. The Bertz CT molecular complexity index is 1030. The Balaban J connectivity index is 1.44. The summed E-state index contributed by atoms with van der Waals surface area (Å²) in [6.07, 6.45) is 4.40. The first kappa shape index (κ1) is 21.1. The molecule has 166 valence electrons. The van der Waals surface area contributed by atoms with Gasteiger partial charge in [-0.1, -0.05) is 12.8 Å². The van der Waals surface area contributed by atoms with Crippen LogP contribution in [0, 0.1) is 12.8 Å². The zero-order chi connectivity index (χ0) is 22.1. The van der Waals surface area contributed by atoms with Crippen molar-refractivity contribution in [3.8, 4) is 0 Å². The highest BCUT2D eigenvalue weighted by Crippen LogP contribution is 2.31. The quantitative estimate of drug-likeness (QED) is 0.683. The van der Waals surface area contributed by atoms with Gasteiger partial charge in [0.25, 0.3) is 0 Å². The van der Waals surface area contributed by atoms with Crippen LogP contribution >= 0.6 is 0 Å². The van der Waals surface area contributed by atoms with E-state index in [2.05, 4.69) is 9.97 Å². The molecule has 1 amide bonds. The predicted octanol–water partition coefficient (Wildman–Crippen LogP) is 2.12. The predicted molar refractivity (Wildman–Crippen MR) is 109 cm³/mol. The van der Waals surface area contributed by atoms with Crippen molar-refractivity contribution in [3.63, 3.8) is 0 Å². The van der Waals surface area contributed by atoms with E-state index in [4.69, 9.17) is 19.6 Å². The van der Waals surface area contributed by atoms with Gasteiger partial charge in [-0.05, 0) is 26.7 Å². The summed E-state index contributed by atoms with van der Waals surface area (Å²) in [5, 5.41) is 0.277. The second kappa shape index (κ2) is 8.52. The molecule has 1 aliphatic carbocycles. The Morgan fingerprint density at radius 1 is 1.23 bits per heavy atom. The second-order valence-electron chi connectivity index (χ2n) is 7.95. The lowest BCUT2D eigenvalue weighted by Gasteiger charge is -2.23. The van der Waals surface area contributed by atoms with Gasteiger partial charge in [-0.15, -0.1) is 0 Å². The molecule has 2 aromatic heterocycles. The maximum atomic E-state index is 12.5. The van der Waals surface area contributed by atoms with Crippen molar-refractivity contribution >= 4 is 34.8 Å². The molecule has 10 heteroatoms. The van der Waals surface area contributed by atoms with E-state index in [0.717, 1.165) is 25.7 Å². The minimum absolute atomic E-state index is 0.00770. The molecule has 1 saturated heterocycles. The molecule has 3 heterocycles. The van der Waals surface area contributed by atoms with Crippen LogP contribution in [0.25, 0.3) is 11.1 Å². The van der Waals surface area contributed by atoms with E-state index in [1.54, 1.807) is 13.8 Å². The number of aryl methyl sites for hydroxylation is 1. The zero-order valence-corrected chi connectivity index (χ0v) is 17.7. The number of esters is 2. The number of hydrogen-bond acceptors (Lipinski definition) is 9. The van der Waals surface area contributed by atoms with Crippen molar-refractivity contribution in [2.75, 3.05) is 18.9 Å². The van der Waals surface area contributed by atoms with Gasteiger partial charge in [0.1, 0.15) is 17.1 Å². The van der Waals surface area contributed by atoms with Crippen LogP contribution in [0.1, 0.15) is 61.0 Å².